The van der Waals surface area contributed by atoms with E-state index in [0.29, 0.717) is 10.7 Å². The molecule has 1 unspecified atom stereocenters. The molecule has 1 saturated heterocycles. The summed E-state index contributed by atoms with van der Waals surface area (Å²) >= 11 is 18.7. The lowest BCUT2D eigenvalue weighted by Crippen LogP contribution is -2.29. The van der Waals surface area contributed by atoms with Crippen LogP contribution in [0, 0.1) is 0 Å². The molecule has 3 aromatic rings. The summed E-state index contributed by atoms with van der Waals surface area (Å²) in [5, 5.41) is 11.7. The van der Waals surface area contributed by atoms with Crippen LogP contribution in [0.4, 0.5) is 5.69 Å². The van der Waals surface area contributed by atoms with Crippen molar-refractivity contribution in [1.82, 2.24) is 0 Å². The molecule has 4 rings (SSSR count). The molecule has 1 atom stereocenters. The number of furan rings is 1. The molecule has 7 nitrogen and oxygen atoms in total. The van der Waals surface area contributed by atoms with Crippen LogP contribution in [0.3, 0.4) is 0 Å². The number of amides is 1. The molecule has 33 heavy (non-hydrogen) atoms. The van der Waals surface area contributed by atoms with E-state index in [4.69, 9.17) is 48.7 Å². The molecule has 0 saturated carbocycles. The first-order valence-electron chi connectivity index (χ1n) is 9.50. The molecule has 0 radical (unpaired) electrons. The van der Waals surface area contributed by atoms with Crippen LogP contribution in [-0.2, 0) is 9.59 Å². The number of carbonyl (C=O) groups excluding carboxylic acids is 2. The molecule has 2 aromatic carbocycles. The monoisotopic (exact) mass is 507 g/mol. The van der Waals surface area contributed by atoms with E-state index in [1.54, 1.807) is 30.3 Å². The van der Waals surface area contributed by atoms with Gasteiger partial charge in [0.15, 0.2) is 11.5 Å². The number of methoxy groups -OCH3 is 2. The highest BCUT2D eigenvalue weighted by Gasteiger charge is 2.48. The molecular formula is C23H16Cl3NO6. The van der Waals surface area contributed by atoms with Gasteiger partial charge in [-0.3, -0.25) is 14.5 Å². The lowest BCUT2D eigenvalue weighted by atomic mass is 9.98. The van der Waals surface area contributed by atoms with Crippen molar-refractivity contribution in [2.75, 3.05) is 19.1 Å². The SMILES string of the molecule is COc1c(Cl)cc(/C(O)=C2/C(=O)C(=O)N(c3cccc(Cl)c3)C2c2ccco2)c(OC)c1Cl. The molecule has 1 fully saturated rings. The van der Waals surface area contributed by atoms with Crippen molar-refractivity contribution >= 4 is 57.9 Å². The van der Waals surface area contributed by atoms with Crippen LogP contribution in [0.25, 0.3) is 5.76 Å². The maximum Gasteiger partial charge on any atom is 0.300 e. The number of Topliss-reactive ketones (excluding diaryl/α,β-unsaturated/α-hetero) is 1. The molecular weight excluding hydrogens is 493 g/mol. The fourth-order valence-electron chi connectivity index (χ4n) is 3.73. The minimum absolute atomic E-state index is 0.00679. The van der Waals surface area contributed by atoms with Gasteiger partial charge in [0.25, 0.3) is 11.7 Å². The summed E-state index contributed by atoms with van der Waals surface area (Å²) in [4.78, 5) is 27.5. The molecule has 2 heterocycles. The number of hydrogen-bond acceptors (Lipinski definition) is 6. The van der Waals surface area contributed by atoms with Crippen molar-refractivity contribution < 1.29 is 28.6 Å². The number of rotatable bonds is 5. The minimum Gasteiger partial charge on any atom is -0.507 e. The van der Waals surface area contributed by atoms with E-state index in [0.717, 1.165) is 0 Å². The molecule has 0 bridgehead atoms. The molecule has 1 aliphatic heterocycles. The number of carbonyl (C=O) groups is 2. The number of hydrogen-bond donors (Lipinski definition) is 1. The standard InChI is InChI=1S/C23H16Cl3NO6/c1-31-21-13(10-14(25)22(32-2)17(21)26)19(28)16-18(15-7-4-8-33-15)27(23(30)20(16)29)12-6-3-5-11(24)9-12/h3-10,18,28H,1-2H3/b19-16-. The first-order valence-corrected chi connectivity index (χ1v) is 10.6. The number of benzene rings is 2. The Bertz CT molecular complexity index is 1290. The highest BCUT2D eigenvalue weighted by molar-refractivity contribution is 6.52. The molecule has 1 amide bonds. The highest BCUT2D eigenvalue weighted by Crippen LogP contribution is 2.48. The number of anilines is 1. The Labute approximate surface area is 203 Å². The number of aliphatic hydroxyl groups excluding tert-OH is 1. The van der Waals surface area contributed by atoms with Crippen molar-refractivity contribution in [3.63, 3.8) is 0 Å². The summed E-state index contributed by atoms with van der Waals surface area (Å²) in [6, 6.07) is 9.88. The first kappa shape index (κ1) is 23.0. The molecule has 1 aromatic heterocycles. The van der Waals surface area contributed by atoms with E-state index in [1.807, 2.05) is 0 Å². The lowest BCUT2D eigenvalue weighted by molar-refractivity contribution is -0.132. The second-order valence-corrected chi connectivity index (χ2v) is 8.17. The van der Waals surface area contributed by atoms with Gasteiger partial charge < -0.3 is 19.0 Å². The normalized spacial score (nSPS) is 17.5. The molecule has 10 heteroatoms. The third kappa shape index (κ3) is 3.82. The predicted molar refractivity (Wildman–Crippen MR) is 125 cm³/mol. The van der Waals surface area contributed by atoms with Crippen LogP contribution in [0.1, 0.15) is 17.4 Å². The molecule has 1 N–H and O–H groups in total. The number of ether oxygens (including phenoxy) is 2. The first-order chi connectivity index (χ1) is 15.8. The van der Waals surface area contributed by atoms with Crippen molar-refractivity contribution in [1.29, 1.82) is 0 Å². The summed E-state index contributed by atoms with van der Waals surface area (Å²) < 4.78 is 16.1. The predicted octanol–water partition coefficient (Wildman–Crippen LogP) is 5.88. The number of aliphatic hydroxyl groups is 1. The van der Waals surface area contributed by atoms with E-state index < -0.39 is 23.5 Å². The van der Waals surface area contributed by atoms with Gasteiger partial charge in [-0.2, -0.15) is 0 Å². The van der Waals surface area contributed by atoms with Crippen LogP contribution in [0.2, 0.25) is 15.1 Å². The zero-order chi connectivity index (χ0) is 23.9. The fourth-order valence-corrected chi connectivity index (χ4v) is 4.60. The van der Waals surface area contributed by atoms with Gasteiger partial charge in [-0.05, 0) is 36.4 Å². The maximum absolute atomic E-state index is 13.2. The zero-order valence-electron chi connectivity index (χ0n) is 17.3. The summed E-state index contributed by atoms with van der Waals surface area (Å²) in [6.45, 7) is 0. The van der Waals surface area contributed by atoms with Gasteiger partial charge in [-0.15, -0.1) is 0 Å². The largest absolute Gasteiger partial charge is 0.507 e. The molecule has 170 valence electrons. The van der Waals surface area contributed by atoms with E-state index in [2.05, 4.69) is 0 Å². The second-order valence-electron chi connectivity index (χ2n) is 6.95. The van der Waals surface area contributed by atoms with Crippen molar-refractivity contribution in [2.45, 2.75) is 6.04 Å². The number of nitrogens with zero attached hydrogens (tertiary/aromatic N) is 1. The van der Waals surface area contributed by atoms with Crippen LogP contribution < -0.4 is 14.4 Å². The average Bonchev–Trinajstić information content (AvgIpc) is 3.40. The Morgan fingerprint density at radius 1 is 1.03 bits per heavy atom. The summed E-state index contributed by atoms with van der Waals surface area (Å²) in [5.74, 6) is -1.94. The van der Waals surface area contributed by atoms with E-state index in [1.165, 1.54) is 37.5 Å². The lowest BCUT2D eigenvalue weighted by Gasteiger charge is -2.23. The van der Waals surface area contributed by atoms with Crippen LogP contribution in [0.5, 0.6) is 11.5 Å². The van der Waals surface area contributed by atoms with Gasteiger partial charge >= 0.3 is 0 Å². The van der Waals surface area contributed by atoms with E-state index >= 15 is 0 Å². The third-order valence-electron chi connectivity index (χ3n) is 5.14. The Morgan fingerprint density at radius 3 is 2.36 bits per heavy atom. The number of halogens is 3. The quantitative estimate of drug-likeness (QED) is 0.263. The maximum atomic E-state index is 13.2. The van der Waals surface area contributed by atoms with Crippen LogP contribution >= 0.6 is 34.8 Å². The van der Waals surface area contributed by atoms with Crippen molar-refractivity contribution in [3.05, 3.63) is 80.7 Å². The summed E-state index contributed by atoms with van der Waals surface area (Å²) in [5.41, 5.74) is 0.127. The van der Waals surface area contributed by atoms with E-state index in [-0.39, 0.29) is 38.4 Å². The van der Waals surface area contributed by atoms with Crippen molar-refractivity contribution in [2.24, 2.45) is 0 Å². The van der Waals surface area contributed by atoms with Crippen LogP contribution in [-0.4, -0.2) is 31.0 Å². The number of ketones is 1. The summed E-state index contributed by atoms with van der Waals surface area (Å²) in [7, 11) is 2.71. The van der Waals surface area contributed by atoms with Gasteiger partial charge in [0, 0.05) is 10.7 Å². The Hall–Kier alpha value is -3.13. The van der Waals surface area contributed by atoms with Crippen LogP contribution in [0.15, 0.2) is 58.7 Å². The fraction of sp³-hybridized carbons (Fsp3) is 0.130. The average molecular weight is 509 g/mol. The van der Waals surface area contributed by atoms with Gasteiger partial charge in [0.1, 0.15) is 22.6 Å². The molecule has 0 aliphatic carbocycles. The topological polar surface area (TPSA) is 89.2 Å². The Morgan fingerprint density at radius 2 is 1.76 bits per heavy atom. The van der Waals surface area contributed by atoms with Gasteiger partial charge in [0.05, 0.1) is 36.6 Å². The van der Waals surface area contributed by atoms with E-state index in [9.17, 15) is 14.7 Å². The second kappa shape index (κ2) is 9.02. The molecule has 0 spiro atoms. The Balaban J connectivity index is 1.99. The van der Waals surface area contributed by atoms with Gasteiger partial charge in [-0.25, -0.2) is 0 Å². The smallest absolute Gasteiger partial charge is 0.300 e. The van der Waals surface area contributed by atoms with Gasteiger partial charge in [-0.1, -0.05) is 40.9 Å². The Kier molecular flexibility index (Phi) is 6.30. The molecule has 1 aliphatic rings. The highest BCUT2D eigenvalue weighted by atomic mass is 35.5. The third-order valence-corrected chi connectivity index (χ3v) is 6.00. The minimum atomic E-state index is -1.08. The summed E-state index contributed by atoms with van der Waals surface area (Å²) in [6.07, 6.45) is 1.40. The van der Waals surface area contributed by atoms with Crippen molar-refractivity contribution in [3.8, 4) is 11.5 Å². The zero-order valence-corrected chi connectivity index (χ0v) is 19.5. The van der Waals surface area contributed by atoms with Gasteiger partial charge in [0.2, 0.25) is 0 Å².